The molecule has 3 heterocycles. The molecular weight excluding hydrogens is 550 g/mol. The highest BCUT2D eigenvalue weighted by molar-refractivity contribution is 7.20. The first-order chi connectivity index (χ1) is 19.6. The molecule has 2 atom stereocenters. The third-order valence-corrected chi connectivity index (χ3v) is 9.04. The van der Waals surface area contributed by atoms with Gasteiger partial charge in [0, 0.05) is 18.8 Å². The van der Waals surface area contributed by atoms with E-state index in [0.29, 0.717) is 42.9 Å². The molecule has 0 aliphatic carbocycles. The first-order valence-electron chi connectivity index (χ1n) is 13.7. The van der Waals surface area contributed by atoms with Crippen LogP contribution in [-0.4, -0.2) is 54.0 Å². The SMILES string of the molecule is CCOC(=O)c1sc2c(c1C)c(=O)n(C(C)(CC)C(N)=O)c(=O)n2C[C@H](OC1CCOCC1)c1ccccc1OC. The number of benzene rings is 1. The normalized spacial score (nSPS) is 16.3. The van der Waals surface area contributed by atoms with Gasteiger partial charge in [0.25, 0.3) is 5.56 Å². The maximum Gasteiger partial charge on any atom is 0.348 e. The second-order valence-corrected chi connectivity index (χ2v) is 11.2. The number of primary amides is 1. The number of hydrogen-bond acceptors (Lipinski definition) is 9. The van der Waals surface area contributed by atoms with Gasteiger partial charge in [-0.1, -0.05) is 25.1 Å². The Kier molecular flexibility index (Phi) is 9.35. The van der Waals surface area contributed by atoms with E-state index >= 15 is 0 Å². The summed E-state index contributed by atoms with van der Waals surface area (Å²) in [5.74, 6) is -0.834. The number of esters is 1. The summed E-state index contributed by atoms with van der Waals surface area (Å²) < 4.78 is 25.3. The average molecular weight is 588 g/mol. The second-order valence-electron chi connectivity index (χ2n) is 10.2. The molecular formula is C29H37N3O8S. The third-order valence-electron chi connectivity index (χ3n) is 7.75. The molecule has 12 heteroatoms. The Labute approximate surface area is 241 Å². The van der Waals surface area contributed by atoms with Crippen LogP contribution >= 0.6 is 11.3 Å². The lowest BCUT2D eigenvalue weighted by Crippen LogP contribution is -2.56. The van der Waals surface area contributed by atoms with Crippen molar-refractivity contribution in [2.45, 2.75) is 71.2 Å². The van der Waals surface area contributed by atoms with Crippen LogP contribution in [0.2, 0.25) is 0 Å². The maximum absolute atomic E-state index is 14.2. The van der Waals surface area contributed by atoms with Crippen molar-refractivity contribution in [3.05, 3.63) is 61.1 Å². The third kappa shape index (κ3) is 5.68. The van der Waals surface area contributed by atoms with Gasteiger partial charge < -0.3 is 24.7 Å². The van der Waals surface area contributed by atoms with Gasteiger partial charge >= 0.3 is 11.7 Å². The molecule has 0 saturated carbocycles. The molecule has 2 aromatic heterocycles. The zero-order valence-corrected chi connectivity index (χ0v) is 24.9. The molecule has 0 bridgehead atoms. The van der Waals surface area contributed by atoms with E-state index in [2.05, 4.69) is 0 Å². The molecule has 4 rings (SSSR count). The van der Waals surface area contributed by atoms with Gasteiger partial charge in [-0.15, -0.1) is 11.3 Å². The van der Waals surface area contributed by atoms with Crippen LogP contribution < -0.4 is 21.7 Å². The van der Waals surface area contributed by atoms with Crippen LogP contribution in [0.1, 0.15) is 66.9 Å². The predicted octanol–water partition coefficient (Wildman–Crippen LogP) is 3.27. The number of hydrogen-bond donors (Lipinski definition) is 1. The number of nitrogens with two attached hydrogens (primary N) is 1. The van der Waals surface area contributed by atoms with Crippen LogP contribution in [0.25, 0.3) is 10.2 Å². The summed E-state index contributed by atoms with van der Waals surface area (Å²) in [6.07, 6.45) is 0.649. The van der Waals surface area contributed by atoms with Gasteiger partial charge in [-0.05, 0) is 51.7 Å². The summed E-state index contributed by atoms with van der Waals surface area (Å²) >= 11 is 1.01. The molecule has 1 aliphatic heterocycles. The predicted molar refractivity (Wildman–Crippen MR) is 155 cm³/mol. The average Bonchev–Trinajstić information content (AvgIpc) is 3.32. The Morgan fingerprint density at radius 2 is 1.88 bits per heavy atom. The lowest BCUT2D eigenvalue weighted by atomic mass is 9.97. The summed E-state index contributed by atoms with van der Waals surface area (Å²) in [5.41, 5.74) is 3.83. The minimum atomic E-state index is -1.61. The number of carbonyl (C=O) groups excluding carboxylic acids is 2. The van der Waals surface area contributed by atoms with E-state index in [1.165, 1.54) is 11.5 Å². The van der Waals surface area contributed by atoms with Crippen LogP contribution in [0.15, 0.2) is 33.9 Å². The molecule has 11 nitrogen and oxygen atoms in total. The van der Waals surface area contributed by atoms with E-state index in [9.17, 15) is 19.2 Å². The zero-order chi connectivity index (χ0) is 29.9. The lowest BCUT2D eigenvalue weighted by molar-refractivity contribution is -0.126. The number of rotatable bonds is 11. The summed E-state index contributed by atoms with van der Waals surface area (Å²) in [4.78, 5) is 54.2. The number of carbonyl (C=O) groups is 2. The van der Waals surface area contributed by atoms with Crippen molar-refractivity contribution in [3.63, 3.8) is 0 Å². The largest absolute Gasteiger partial charge is 0.496 e. The van der Waals surface area contributed by atoms with Crippen LogP contribution in [0, 0.1) is 6.92 Å². The molecule has 41 heavy (non-hydrogen) atoms. The summed E-state index contributed by atoms with van der Waals surface area (Å²) in [6, 6.07) is 7.37. The first kappa shape index (κ1) is 30.5. The Hall–Kier alpha value is -3.48. The van der Waals surface area contributed by atoms with Crippen LogP contribution in [-0.2, 0) is 31.1 Å². The van der Waals surface area contributed by atoms with Gasteiger partial charge in [0.2, 0.25) is 5.91 Å². The highest BCUT2D eigenvalue weighted by atomic mass is 32.1. The molecule has 3 aromatic rings. The smallest absolute Gasteiger partial charge is 0.348 e. The maximum atomic E-state index is 14.2. The topological polar surface area (TPSA) is 141 Å². The Morgan fingerprint density at radius 3 is 2.49 bits per heavy atom. The van der Waals surface area contributed by atoms with Crippen LogP contribution in [0.5, 0.6) is 5.75 Å². The van der Waals surface area contributed by atoms with Crippen molar-refractivity contribution >= 4 is 33.4 Å². The van der Waals surface area contributed by atoms with Crippen molar-refractivity contribution in [2.75, 3.05) is 26.9 Å². The number of methoxy groups -OCH3 is 1. The molecule has 1 fully saturated rings. The molecule has 1 aliphatic rings. The fourth-order valence-electron chi connectivity index (χ4n) is 5.13. The first-order valence-corrected chi connectivity index (χ1v) is 14.5. The van der Waals surface area contributed by atoms with E-state index in [4.69, 9.17) is 24.7 Å². The van der Waals surface area contributed by atoms with Gasteiger partial charge in [0.15, 0.2) is 0 Å². The molecule has 2 N–H and O–H groups in total. The Bertz CT molecular complexity index is 1550. The van der Waals surface area contributed by atoms with Gasteiger partial charge in [-0.25, -0.2) is 14.2 Å². The highest BCUT2D eigenvalue weighted by Crippen LogP contribution is 2.34. The number of para-hydroxylation sites is 1. The minimum absolute atomic E-state index is 0.0197. The number of fused-ring (bicyclic) bond motifs is 1. The monoisotopic (exact) mass is 587 g/mol. The fraction of sp³-hybridized carbons (Fsp3) is 0.517. The van der Waals surface area contributed by atoms with Crippen molar-refractivity contribution in [1.29, 1.82) is 0 Å². The lowest BCUT2D eigenvalue weighted by Gasteiger charge is -2.30. The van der Waals surface area contributed by atoms with Gasteiger partial charge in [-0.2, -0.15) is 0 Å². The van der Waals surface area contributed by atoms with Gasteiger partial charge in [0.1, 0.15) is 27.1 Å². The quantitative estimate of drug-likeness (QED) is 0.337. The Balaban J connectivity index is 2.01. The minimum Gasteiger partial charge on any atom is -0.496 e. The molecule has 0 radical (unpaired) electrons. The van der Waals surface area contributed by atoms with Crippen molar-refractivity contribution in [3.8, 4) is 5.75 Å². The van der Waals surface area contributed by atoms with E-state index in [0.717, 1.165) is 15.9 Å². The molecule has 0 spiro atoms. The fourth-order valence-corrected chi connectivity index (χ4v) is 6.33. The van der Waals surface area contributed by atoms with E-state index < -0.39 is 34.8 Å². The van der Waals surface area contributed by atoms with Crippen LogP contribution in [0.4, 0.5) is 0 Å². The molecule has 1 saturated heterocycles. The Morgan fingerprint density at radius 1 is 1.20 bits per heavy atom. The number of aromatic nitrogens is 2. The number of nitrogens with zero attached hydrogens (tertiary/aromatic N) is 2. The number of amides is 1. The molecule has 1 amide bonds. The summed E-state index contributed by atoms with van der Waals surface area (Å²) in [6.45, 7) is 7.71. The van der Waals surface area contributed by atoms with Gasteiger partial charge in [-0.3, -0.25) is 14.2 Å². The van der Waals surface area contributed by atoms with E-state index in [1.807, 2.05) is 24.3 Å². The van der Waals surface area contributed by atoms with E-state index in [1.54, 1.807) is 27.9 Å². The molecule has 1 aromatic carbocycles. The van der Waals surface area contributed by atoms with Crippen molar-refractivity contribution < 1.29 is 28.5 Å². The van der Waals surface area contributed by atoms with E-state index in [-0.39, 0.29) is 40.8 Å². The highest BCUT2D eigenvalue weighted by Gasteiger charge is 2.37. The van der Waals surface area contributed by atoms with Gasteiger partial charge in [0.05, 0.1) is 31.8 Å². The van der Waals surface area contributed by atoms with Crippen molar-refractivity contribution in [2.24, 2.45) is 5.73 Å². The number of thiophene rings is 1. The summed E-state index contributed by atoms with van der Waals surface area (Å²) in [5, 5.41) is 0.156. The second kappa shape index (κ2) is 12.6. The zero-order valence-electron chi connectivity index (χ0n) is 24.1. The number of aryl methyl sites for hydroxylation is 1. The van der Waals surface area contributed by atoms with Crippen molar-refractivity contribution in [1.82, 2.24) is 9.13 Å². The summed E-state index contributed by atoms with van der Waals surface area (Å²) in [7, 11) is 1.56. The van der Waals surface area contributed by atoms with Crippen LogP contribution in [0.3, 0.4) is 0 Å². The molecule has 1 unspecified atom stereocenters. The number of ether oxygens (including phenoxy) is 4. The molecule has 222 valence electrons. The standard InChI is InChI=1S/C29H37N3O8S/c1-6-29(4,27(30)35)32-24(33)22-17(3)23(26(34)39-7-2)41-25(22)31(28(32)36)16-21(40-18-12-14-38-15-13-18)19-10-8-9-11-20(19)37-5/h8-11,18,21H,6-7,12-16H2,1-5H3,(H2,30,35)/t21-,29?/m0/s1.